The number of hydrogen-bond acceptors (Lipinski definition) is 4. The van der Waals surface area contributed by atoms with E-state index in [0.29, 0.717) is 17.7 Å². The maximum absolute atomic E-state index is 13.9. The Morgan fingerprint density at radius 1 is 1.29 bits per heavy atom. The zero-order valence-electron chi connectivity index (χ0n) is 19.5. The van der Waals surface area contributed by atoms with E-state index in [0.717, 1.165) is 5.56 Å². The fourth-order valence-electron chi connectivity index (χ4n) is 3.63. The predicted octanol–water partition coefficient (Wildman–Crippen LogP) is 6.27. The summed E-state index contributed by atoms with van der Waals surface area (Å²) in [6, 6.07) is 6.68. The van der Waals surface area contributed by atoms with Crippen molar-refractivity contribution in [2.75, 3.05) is 11.4 Å². The lowest BCUT2D eigenvalue weighted by Crippen LogP contribution is -2.54. The SMILES string of the molecule is C=CCCN1C(=O)[C@H](NC(=O)OC(C)(C)C)Cc2ccc(Cl)c(Oc3cc(F)ccc3C=C)c21. The monoisotopic (exact) mass is 486 g/mol. The first kappa shape index (κ1) is 25.3. The van der Waals surface area contributed by atoms with Crippen LogP contribution in [0, 0.1) is 5.82 Å². The molecule has 1 N–H and O–H groups in total. The second-order valence-corrected chi connectivity index (χ2v) is 9.25. The smallest absolute Gasteiger partial charge is 0.408 e. The van der Waals surface area contributed by atoms with Gasteiger partial charge in [-0.2, -0.15) is 0 Å². The van der Waals surface area contributed by atoms with E-state index >= 15 is 0 Å². The summed E-state index contributed by atoms with van der Waals surface area (Å²) in [5.41, 5.74) is 1.07. The second kappa shape index (κ2) is 10.3. The molecule has 0 aliphatic carbocycles. The maximum atomic E-state index is 13.9. The number of carbonyl (C=O) groups is 2. The van der Waals surface area contributed by atoms with Gasteiger partial charge in [0.05, 0.1) is 10.7 Å². The summed E-state index contributed by atoms with van der Waals surface area (Å²) in [7, 11) is 0. The minimum Gasteiger partial charge on any atom is -0.453 e. The van der Waals surface area contributed by atoms with Crippen molar-refractivity contribution in [3.63, 3.8) is 0 Å². The molecule has 0 bridgehead atoms. The molecular formula is C26H28ClFN2O4. The third-order valence-corrected chi connectivity index (χ3v) is 5.38. The summed E-state index contributed by atoms with van der Waals surface area (Å²) in [6.45, 7) is 13.0. The predicted molar refractivity (Wildman–Crippen MR) is 132 cm³/mol. The van der Waals surface area contributed by atoms with Gasteiger partial charge in [-0.1, -0.05) is 36.4 Å². The number of benzene rings is 2. The number of alkyl carbamates (subject to hydrolysis) is 1. The van der Waals surface area contributed by atoms with Crippen LogP contribution in [0.25, 0.3) is 6.08 Å². The standard InChI is InChI=1S/C26H28ClFN2O4/c1-6-8-13-30-22-17(14-20(24(30)31)29-25(32)34-26(3,4)5)10-12-19(27)23(22)33-21-15-18(28)11-9-16(21)7-2/h6-7,9-12,15,20H,1-2,8,13-14H2,3-5H3,(H,29,32)/t20-/m1/s1. The molecule has 2 aromatic carbocycles. The van der Waals surface area contributed by atoms with Crippen LogP contribution in [0.4, 0.5) is 14.9 Å². The van der Waals surface area contributed by atoms with Gasteiger partial charge in [-0.15, -0.1) is 6.58 Å². The van der Waals surface area contributed by atoms with E-state index in [1.165, 1.54) is 17.0 Å². The van der Waals surface area contributed by atoms with Crippen LogP contribution in [0.5, 0.6) is 11.5 Å². The molecule has 1 aliphatic rings. The van der Waals surface area contributed by atoms with E-state index in [1.54, 1.807) is 51.1 Å². The van der Waals surface area contributed by atoms with Crippen LogP contribution in [0.2, 0.25) is 5.02 Å². The van der Waals surface area contributed by atoms with Gasteiger partial charge in [0, 0.05) is 24.6 Å². The third-order valence-electron chi connectivity index (χ3n) is 5.08. The molecule has 6 nitrogen and oxygen atoms in total. The topological polar surface area (TPSA) is 67.9 Å². The van der Waals surface area contributed by atoms with Crippen LogP contribution in [0.1, 0.15) is 38.3 Å². The largest absolute Gasteiger partial charge is 0.453 e. The average Bonchev–Trinajstić information content (AvgIpc) is 2.75. The summed E-state index contributed by atoms with van der Waals surface area (Å²) in [6.07, 6.45) is 3.25. The number of nitrogens with one attached hydrogen (secondary N) is 1. The Morgan fingerprint density at radius 2 is 2.03 bits per heavy atom. The third kappa shape index (κ3) is 5.78. The molecule has 2 aromatic rings. The number of nitrogens with zero attached hydrogens (tertiary/aromatic N) is 1. The Hall–Kier alpha value is -3.32. The molecule has 0 saturated carbocycles. The van der Waals surface area contributed by atoms with Crippen LogP contribution in [0.3, 0.4) is 0 Å². The van der Waals surface area contributed by atoms with Gasteiger partial charge in [0.2, 0.25) is 5.91 Å². The van der Waals surface area contributed by atoms with Gasteiger partial charge in [-0.25, -0.2) is 9.18 Å². The fraction of sp³-hybridized carbons (Fsp3) is 0.308. The molecule has 3 rings (SSSR count). The molecule has 0 unspecified atom stereocenters. The molecule has 0 radical (unpaired) electrons. The van der Waals surface area contributed by atoms with Gasteiger partial charge in [-0.05, 0) is 51.0 Å². The van der Waals surface area contributed by atoms with Crippen molar-refractivity contribution in [3.8, 4) is 11.5 Å². The normalized spacial score (nSPS) is 15.4. The molecule has 34 heavy (non-hydrogen) atoms. The van der Waals surface area contributed by atoms with Crippen LogP contribution in [-0.2, 0) is 16.0 Å². The lowest BCUT2D eigenvalue weighted by atomic mass is 9.96. The molecule has 1 atom stereocenters. The van der Waals surface area contributed by atoms with Crippen LogP contribution >= 0.6 is 11.6 Å². The van der Waals surface area contributed by atoms with Crippen molar-refractivity contribution < 1.29 is 23.5 Å². The lowest BCUT2D eigenvalue weighted by molar-refractivity contribution is -0.121. The summed E-state index contributed by atoms with van der Waals surface area (Å²) in [5.74, 6) is -0.380. The molecule has 0 spiro atoms. The first-order chi connectivity index (χ1) is 16.0. The Morgan fingerprint density at radius 3 is 2.68 bits per heavy atom. The molecule has 2 amide bonds. The summed E-state index contributed by atoms with van der Waals surface area (Å²) >= 11 is 6.49. The average molecular weight is 487 g/mol. The number of fused-ring (bicyclic) bond motifs is 1. The maximum Gasteiger partial charge on any atom is 0.408 e. The zero-order chi connectivity index (χ0) is 25.0. The Labute approximate surface area is 204 Å². The number of ether oxygens (including phenoxy) is 2. The number of carbonyl (C=O) groups excluding carboxylic acids is 2. The molecule has 1 aliphatic heterocycles. The highest BCUT2D eigenvalue weighted by Crippen LogP contribution is 2.45. The van der Waals surface area contributed by atoms with Crippen molar-refractivity contribution in [3.05, 3.63) is 71.5 Å². The van der Waals surface area contributed by atoms with E-state index in [9.17, 15) is 14.0 Å². The number of hydrogen-bond donors (Lipinski definition) is 1. The summed E-state index contributed by atoms with van der Waals surface area (Å²) in [5, 5.41) is 2.92. The van der Waals surface area contributed by atoms with Gasteiger partial charge in [0.15, 0.2) is 5.75 Å². The van der Waals surface area contributed by atoms with E-state index in [4.69, 9.17) is 21.1 Å². The highest BCUT2D eigenvalue weighted by atomic mass is 35.5. The molecule has 0 fully saturated rings. The number of anilines is 1. The molecule has 8 heteroatoms. The van der Waals surface area contributed by atoms with Crippen LogP contribution in [-0.4, -0.2) is 30.2 Å². The molecule has 180 valence electrons. The fourth-order valence-corrected chi connectivity index (χ4v) is 3.82. The number of amides is 2. The van der Waals surface area contributed by atoms with Gasteiger partial charge < -0.3 is 19.7 Å². The van der Waals surface area contributed by atoms with Crippen molar-refractivity contribution in [2.24, 2.45) is 0 Å². The van der Waals surface area contributed by atoms with Crippen LogP contribution < -0.4 is 15.0 Å². The Bertz CT molecular complexity index is 1130. The van der Waals surface area contributed by atoms with Gasteiger partial charge in [-0.3, -0.25) is 4.79 Å². The van der Waals surface area contributed by atoms with Crippen molar-refractivity contribution >= 4 is 35.4 Å². The summed E-state index contributed by atoms with van der Waals surface area (Å²) < 4.78 is 25.3. The molecular weight excluding hydrogens is 459 g/mol. The van der Waals surface area contributed by atoms with E-state index in [1.807, 2.05) is 0 Å². The second-order valence-electron chi connectivity index (χ2n) is 8.84. The minimum atomic E-state index is -0.834. The lowest BCUT2D eigenvalue weighted by Gasteiger charge is -2.36. The van der Waals surface area contributed by atoms with E-state index < -0.39 is 23.6 Å². The van der Waals surface area contributed by atoms with Crippen molar-refractivity contribution in [2.45, 2.75) is 45.3 Å². The van der Waals surface area contributed by atoms with E-state index in [2.05, 4.69) is 18.5 Å². The minimum absolute atomic E-state index is 0.211. The molecule has 1 heterocycles. The first-order valence-corrected chi connectivity index (χ1v) is 11.2. The van der Waals surface area contributed by atoms with Crippen LogP contribution in [0.15, 0.2) is 49.6 Å². The van der Waals surface area contributed by atoms with Gasteiger partial charge in [0.25, 0.3) is 0 Å². The quantitative estimate of drug-likeness (QED) is 0.468. The Balaban J connectivity index is 2.03. The van der Waals surface area contributed by atoms with Crippen molar-refractivity contribution in [1.29, 1.82) is 0 Å². The summed E-state index contributed by atoms with van der Waals surface area (Å²) in [4.78, 5) is 27.3. The molecule has 0 aromatic heterocycles. The van der Waals surface area contributed by atoms with Gasteiger partial charge >= 0.3 is 6.09 Å². The highest BCUT2D eigenvalue weighted by Gasteiger charge is 2.37. The number of rotatable bonds is 7. The number of halogens is 2. The first-order valence-electron chi connectivity index (χ1n) is 10.9. The van der Waals surface area contributed by atoms with Gasteiger partial charge in [0.1, 0.15) is 23.2 Å². The molecule has 0 saturated heterocycles. The zero-order valence-corrected chi connectivity index (χ0v) is 20.2. The Kier molecular flexibility index (Phi) is 7.67. The van der Waals surface area contributed by atoms with Crippen molar-refractivity contribution in [1.82, 2.24) is 5.32 Å². The highest BCUT2D eigenvalue weighted by molar-refractivity contribution is 6.33. The van der Waals surface area contributed by atoms with E-state index in [-0.39, 0.29) is 35.4 Å².